The van der Waals surface area contributed by atoms with Crippen LogP contribution >= 0.6 is 22.7 Å². The fourth-order valence-corrected chi connectivity index (χ4v) is 12.1. The van der Waals surface area contributed by atoms with E-state index in [9.17, 15) is 9.90 Å². The third-order valence-corrected chi connectivity index (χ3v) is 16.1. The number of aromatic amines is 3. The normalized spacial score (nSPS) is 19.6. The van der Waals surface area contributed by atoms with E-state index in [0.717, 1.165) is 77.0 Å². The average Bonchev–Trinajstić information content (AvgIpc) is 4.28. The highest BCUT2D eigenvalue weighted by atomic mass is 32.1. The number of imidazole rings is 2. The van der Waals surface area contributed by atoms with Crippen molar-refractivity contribution in [2.24, 2.45) is 5.92 Å². The lowest BCUT2D eigenvalue weighted by molar-refractivity contribution is -0.0227. The molecule has 0 aromatic carbocycles. The molecule has 6 atom stereocenters. The molecule has 2 fully saturated rings. The molecule has 0 bridgehead atoms. The van der Waals surface area contributed by atoms with Crippen LogP contribution in [0, 0.1) is 5.92 Å². The smallest absolute Gasteiger partial charge is 0.261 e. The number of fused-ring (bicyclic) bond motifs is 4. The number of morpholine rings is 1. The van der Waals surface area contributed by atoms with Crippen molar-refractivity contribution in [2.45, 2.75) is 57.2 Å². The van der Waals surface area contributed by atoms with E-state index in [1.54, 1.807) is 66.8 Å². The van der Waals surface area contributed by atoms with Crippen molar-refractivity contribution in [3.63, 3.8) is 0 Å². The highest BCUT2D eigenvalue weighted by Crippen LogP contribution is 2.42. The molecular formula is C52H57N17O4S2. The number of nitrogens with one attached hydrogen (secondary N) is 6. The number of thiophene rings is 2. The molecule has 12 rings (SSSR count). The maximum absolute atomic E-state index is 14.2. The zero-order valence-corrected chi connectivity index (χ0v) is 43.5. The number of nitrogens with zero attached hydrogens (tertiary/aromatic N) is 11. The Morgan fingerprint density at radius 2 is 1.61 bits per heavy atom. The van der Waals surface area contributed by atoms with Gasteiger partial charge in [0.2, 0.25) is 0 Å². The monoisotopic (exact) mass is 1050 g/mol. The number of ether oxygens (including phenoxy) is 2. The van der Waals surface area contributed by atoms with Gasteiger partial charge in [0.1, 0.15) is 45.9 Å². The Labute approximate surface area is 439 Å². The summed E-state index contributed by atoms with van der Waals surface area (Å²) in [7, 11) is 3.77. The number of hydrogen-bond donors (Lipinski definition) is 7. The zero-order valence-electron chi connectivity index (χ0n) is 41.8. The van der Waals surface area contributed by atoms with Crippen LogP contribution in [-0.4, -0.2) is 143 Å². The summed E-state index contributed by atoms with van der Waals surface area (Å²) in [6.07, 6.45) is 8.92. The first-order chi connectivity index (χ1) is 36.6. The molecule has 0 saturated carbocycles. The maximum atomic E-state index is 14.2. The van der Waals surface area contributed by atoms with Gasteiger partial charge in [0.15, 0.2) is 23.5 Å². The molecule has 0 spiro atoms. The van der Waals surface area contributed by atoms with Crippen LogP contribution in [0.2, 0.25) is 0 Å². The Hall–Kier alpha value is -7.41. The molecule has 75 heavy (non-hydrogen) atoms. The van der Waals surface area contributed by atoms with Crippen LogP contribution in [0.3, 0.4) is 0 Å². The maximum Gasteiger partial charge on any atom is 0.261 e. The fourth-order valence-electron chi connectivity index (χ4n) is 10.4. The van der Waals surface area contributed by atoms with Crippen molar-refractivity contribution in [1.29, 1.82) is 0 Å². The summed E-state index contributed by atoms with van der Waals surface area (Å²) >= 11 is 3.10. The van der Waals surface area contributed by atoms with Crippen molar-refractivity contribution < 1.29 is 14.6 Å². The average molecular weight is 1050 g/mol. The summed E-state index contributed by atoms with van der Waals surface area (Å²) in [4.78, 5) is 70.3. The molecule has 2 saturated heterocycles. The minimum absolute atomic E-state index is 0.0127. The van der Waals surface area contributed by atoms with Gasteiger partial charge in [-0.25, -0.2) is 39.9 Å². The third-order valence-electron chi connectivity index (χ3n) is 14.2. The molecule has 9 aromatic rings. The Balaban J connectivity index is 0.794. The number of pyridine rings is 3. The Morgan fingerprint density at radius 3 is 2.41 bits per heavy atom. The van der Waals surface area contributed by atoms with Crippen LogP contribution in [-0.2, 0) is 9.47 Å². The Kier molecular flexibility index (Phi) is 13.4. The van der Waals surface area contributed by atoms with E-state index >= 15 is 0 Å². The molecular weight excluding hydrogens is 991 g/mol. The zero-order chi connectivity index (χ0) is 51.2. The van der Waals surface area contributed by atoms with Crippen molar-refractivity contribution >= 4 is 89.4 Å². The second kappa shape index (κ2) is 20.7. The molecule has 386 valence electrons. The van der Waals surface area contributed by atoms with Crippen LogP contribution in [0.4, 0.5) is 23.0 Å². The second-order valence-corrected chi connectivity index (χ2v) is 21.3. The lowest BCUT2D eigenvalue weighted by atomic mass is 9.93. The number of likely N-dealkylation sites (N-methyl/N-ethyl adjacent to an activating group) is 1. The van der Waals surface area contributed by atoms with Crippen molar-refractivity contribution in [1.82, 2.24) is 65.0 Å². The fraction of sp³-hybridized carbons (Fsp3) is 0.365. The number of anilines is 4. The minimum atomic E-state index is -1.08. The van der Waals surface area contributed by atoms with Crippen LogP contribution in [0.25, 0.3) is 55.1 Å². The predicted octanol–water partition coefficient (Wildman–Crippen LogP) is 6.65. The number of piperazine rings is 1. The predicted molar refractivity (Wildman–Crippen MR) is 293 cm³/mol. The molecule has 3 aliphatic rings. The Bertz CT molecular complexity index is 3550. The van der Waals surface area contributed by atoms with Gasteiger partial charge in [-0.15, -0.1) is 22.7 Å². The van der Waals surface area contributed by atoms with Gasteiger partial charge in [-0.1, -0.05) is 6.92 Å². The first-order valence-electron chi connectivity index (χ1n) is 25.2. The summed E-state index contributed by atoms with van der Waals surface area (Å²) in [5.74, 6) is 3.77. The number of aliphatic hydroxyl groups is 1. The molecule has 4 unspecified atom stereocenters. The van der Waals surface area contributed by atoms with E-state index in [1.807, 2.05) is 47.2 Å². The highest BCUT2D eigenvalue weighted by molar-refractivity contribution is 7.17. The van der Waals surface area contributed by atoms with Crippen LogP contribution in [0.1, 0.15) is 61.1 Å². The summed E-state index contributed by atoms with van der Waals surface area (Å²) in [6, 6.07) is 12.7. The van der Waals surface area contributed by atoms with E-state index in [-0.39, 0.29) is 29.7 Å². The standard InChI is InChI=1S/C52H57N17O4S2/c1-28(41(50-55-15-6-16-56-50)65-43-40(52(71)63-32-12-22-75-45(32)43)48-60-34-23-38(57-24-35(34)61-48)68-19-17-67(3)18-20-68)7-8-30-26-69(25-29(2)73-30)37-10-9-33-47(64-37)66-49(59-33)39-42(44-31(11-21-74-44)62-51(39)70)58-36(27-72-4)46-53-13-5-14-54-46/h5-6,9-16,21-24,28-30,36,41,51,58,62,70H,7-8,17-20,25-27H2,1-4H3,(H,60,61)(H,59,64,66)(H2,63,65,71)/t28?,29?,30?,36-,41+,51?/m1/s1. The molecule has 7 N–H and O–H groups in total. The number of aromatic nitrogens is 11. The molecule has 0 radical (unpaired) electrons. The molecule has 0 aliphatic carbocycles. The summed E-state index contributed by atoms with van der Waals surface area (Å²) in [5.41, 5.74) is 6.34. The molecule has 23 heteroatoms. The van der Waals surface area contributed by atoms with Crippen LogP contribution in [0.5, 0.6) is 0 Å². The van der Waals surface area contributed by atoms with Gasteiger partial charge < -0.3 is 60.2 Å². The Morgan fingerprint density at radius 1 is 0.840 bits per heavy atom. The number of hydrogen-bond acceptors (Lipinski definition) is 20. The van der Waals surface area contributed by atoms with Crippen molar-refractivity contribution in [3.05, 3.63) is 117 Å². The van der Waals surface area contributed by atoms with Crippen LogP contribution < -0.4 is 31.3 Å². The van der Waals surface area contributed by atoms with E-state index < -0.39 is 12.3 Å². The lowest BCUT2D eigenvalue weighted by Gasteiger charge is -2.38. The van der Waals surface area contributed by atoms with E-state index in [4.69, 9.17) is 39.4 Å². The van der Waals surface area contributed by atoms with Crippen molar-refractivity contribution in [2.75, 3.05) is 80.5 Å². The summed E-state index contributed by atoms with van der Waals surface area (Å²) in [5, 5.41) is 26.3. The van der Waals surface area contributed by atoms with E-state index in [1.165, 1.54) is 0 Å². The number of aliphatic hydroxyl groups excluding tert-OH is 1. The number of H-pyrrole nitrogens is 3. The van der Waals surface area contributed by atoms with Gasteiger partial charge in [0, 0.05) is 77.2 Å². The summed E-state index contributed by atoms with van der Waals surface area (Å²) < 4.78 is 13.1. The van der Waals surface area contributed by atoms with Gasteiger partial charge in [-0.05, 0) is 79.9 Å². The van der Waals surface area contributed by atoms with Gasteiger partial charge in [0.05, 0.1) is 74.3 Å². The van der Waals surface area contributed by atoms with E-state index in [0.29, 0.717) is 82.2 Å². The SMILES string of the molecule is COC[C@@H](NC1=C(c2nc3ccc(N4CC(C)OC(CCC(C)[C@H](Nc5c(-c6nc7cnc(N8CCN(C)CC8)cc7[nH]6)c(=O)[nH]c6ccsc56)c5ncccn5)C4)nc3[nH]2)C(O)Nc2ccsc21)c1ncccn1. The molecule has 9 aromatic heterocycles. The van der Waals surface area contributed by atoms with Gasteiger partial charge in [-0.3, -0.25) is 4.79 Å². The van der Waals surface area contributed by atoms with Gasteiger partial charge >= 0.3 is 0 Å². The number of rotatable bonds is 16. The highest BCUT2D eigenvalue weighted by Gasteiger charge is 2.34. The second-order valence-electron chi connectivity index (χ2n) is 19.4. The lowest BCUT2D eigenvalue weighted by Crippen LogP contribution is -2.47. The quantitative estimate of drug-likeness (QED) is 0.0535. The molecule has 12 heterocycles. The van der Waals surface area contributed by atoms with E-state index in [2.05, 4.69) is 76.5 Å². The van der Waals surface area contributed by atoms with Crippen molar-refractivity contribution in [3.8, 4) is 11.4 Å². The van der Waals surface area contributed by atoms with Gasteiger partial charge in [0.25, 0.3) is 5.56 Å². The third kappa shape index (κ3) is 9.77. The topological polar surface area (TPSA) is 252 Å². The number of methoxy groups -OCH3 is 1. The largest absolute Gasteiger partial charge is 0.382 e. The minimum Gasteiger partial charge on any atom is -0.382 e. The van der Waals surface area contributed by atoms with Gasteiger partial charge in [-0.2, -0.15) is 0 Å². The molecule has 0 amide bonds. The summed E-state index contributed by atoms with van der Waals surface area (Å²) in [6.45, 7) is 9.54. The first kappa shape index (κ1) is 48.5. The van der Waals surface area contributed by atoms with Crippen LogP contribution in [0.15, 0.2) is 89.0 Å². The first-order valence-corrected chi connectivity index (χ1v) is 26.9. The molecule has 3 aliphatic heterocycles. The molecule has 21 nitrogen and oxygen atoms in total.